The van der Waals surface area contributed by atoms with Crippen molar-refractivity contribution in [1.29, 1.82) is 0 Å². The van der Waals surface area contributed by atoms with E-state index in [-0.39, 0.29) is 11.8 Å². The van der Waals surface area contributed by atoms with Gasteiger partial charge in [0.25, 0.3) is 5.91 Å². The van der Waals surface area contributed by atoms with Crippen molar-refractivity contribution < 1.29 is 14.3 Å². The molecule has 2 fully saturated rings. The second kappa shape index (κ2) is 8.28. The van der Waals surface area contributed by atoms with Crippen molar-refractivity contribution in [2.24, 2.45) is 0 Å². The summed E-state index contributed by atoms with van der Waals surface area (Å²) in [6.07, 6.45) is 1.26. The first-order valence-electron chi connectivity index (χ1n) is 11.1. The number of fused-ring (bicyclic) bond motifs is 1. The van der Waals surface area contributed by atoms with Crippen LogP contribution >= 0.6 is 0 Å². The van der Waals surface area contributed by atoms with Gasteiger partial charge in [-0.25, -0.2) is 0 Å². The molecule has 5 rings (SSSR count). The van der Waals surface area contributed by atoms with E-state index in [9.17, 15) is 9.59 Å². The molecule has 2 heterocycles. The van der Waals surface area contributed by atoms with E-state index in [1.165, 1.54) is 0 Å². The first-order valence-corrected chi connectivity index (χ1v) is 11.1. The molecule has 164 valence electrons. The molecule has 2 saturated heterocycles. The summed E-state index contributed by atoms with van der Waals surface area (Å²) in [5.41, 5.74) is 2.33. The van der Waals surface area contributed by atoms with E-state index in [0.717, 1.165) is 34.2 Å². The molecule has 6 heteroatoms. The van der Waals surface area contributed by atoms with Gasteiger partial charge in [0.15, 0.2) is 0 Å². The van der Waals surface area contributed by atoms with Crippen molar-refractivity contribution in [2.45, 2.75) is 18.4 Å². The smallest absolute Gasteiger partial charge is 0.254 e. The molecular formula is C26H27N3O3. The van der Waals surface area contributed by atoms with E-state index < -0.39 is 5.54 Å². The highest BCUT2D eigenvalue weighted by Crippen LogP contribution is 2.33. The Kier molecular flexibility index (Phi) is 5.31. The fourth-order valence-electron chi connectivity index (χ4n) is 4.90. The third-order valence-corrected chi connectivity index (χ3v) is 6.77. The zero-order chi connectivity index (χ0) is 22.1. The molecule has 0 unspecified atom stereocenters. The maximum absolute atomic E-state index is 13.5. The molecule has 0 saturated carbocycles. The Balaban J connectivity index is 1.43. The number of piperazine rings is 1. The number of likely N-dealkylation sites (tertiary alicyclic amines) is 1. The number of piperidine rings is 1. The van der Waals surface area contributed by atoms with Gasteiger partial charge in [-0.2, -0.15) is 0 Å². The molecule has 0 bridgehead atoms. The SMILES string of the molecule is COc1ccc(-c2ccc(C(=O)N3CCC4(CC3)NCCNC4=O)c3ccccc23)cc1. The monoisotopic (exact) mass is 429 g/mol. The van der Waals surface area contributed by atoms with Crippen molar-refractivity contribution in [1.82, 2.24) is 15.5 Å². The van der Waals surface area contributed by atoms with Gasteiger partial charge in [0.05, 0.1) is 7.11 Å². The van der Waals surface area contributed by atoms with Crippen LogP contribution in [0.4, 0.5) is 0 Å². The van der Waals surface area contributed by atoms with Crippen LogP contribution in [0.25, 0.3) is 21.9 Å². The van der Waals surface area contributed by atoms with Gasteiger partial charge in [-0.15, -0.1) is 0 Å². The highest BCUT2D eigenvalue weighted by molar-refractivity contribution is 6.11. The number of benzene rings is 3. The van der Waals surface area contributed by atoms with E-state index in [1.807, 2.05) is 59.5 Å². The van der Waals surface area contributed by atoms with Crippen molar-refractivity contribution in [3.8, 4) is 16.9 Å². The number of rotatable bonds is 3. The largest absolute Gasteiger partial charge is 0.497 e. The minimum Gasteiger partial charge on any atom is -0.497 e. The number of carbonyl (C=O) groups excluding carboxylic acids is 2. The molecule has 2 aliphatic rings. The van der Waals surface area contributed by atoms with Crippen molar-refractivity contribution in [3.05, 3.63) is 66.2 Å². The zero-order valence-electron chi connectivity index (χ0n) is 18.2. The van der Waals surface area contributed by atoms with Crippen LogP contribution in [0.15, 0.2) is 60.7 Å². The summed E-state index contributed by atoms with van der Waals surface area (Å²) in [7, 11) is 1.66. The van der Waals surface area contributed by atoms with Gasteiger partial charge < -0.3 is 20.3 Å². The first-order chi connectivity index (χ1) is 15.6. The summed E-state index contributed by atoms with van der Waals surface area (Å²) < 4.78 is 5.28. The third kappa shape index (κ3) is 3.50. The number of amides is 2. The Morgan fingerprint density at radius 1 is 0.938 bits per heavy atom. The van der Waals surface area contributed by atoms with Crippen molar-refractivity contribution in [3.63, 3.8) is 0 Å². The molecule has 3 aromatic carbocycles. The quantitative estimate of drug-likeness (QED) is 0.671. The standard InChI is InChI=1S/C26H27N3O3/c1-32-19-8-6-18(7-9-19)20-10-11-23(22-5-3-2-4-21(20)22)24(30)29-16-12-26(13-17-29)25(31)27-14-15-28-26/h2-11,28H,12-17H2,1H3,(H,27,31). The predicted molar refractivity (Wildman–Crippen MR) is 125 cm³/mol. The summed E-state index contributed by atoms with van der Waals surface area (Å²) in [5, 5.41) is 8.34. The summed E-state index contributed by atoms with van der Waals surface area (Å²) >= 11 is 0. The van der Waals surface area contributed by atoms with Crippen LogP contribution in [0.1, 0.15) is 23.2 Å². The van der Waals surface area contributed by atoms with Crippen LogP contribution in [0, 0.1) is 0 Å². The van der Waals surface area contributed by atoms with E-state index in [0.29, 0.717) is 38.0 Å². The maximum Gasteiger partial charge on any atom is 0.254 e. The second-order valence-electron chi connectivity index (χ2n) is 8.49. The lowest BCUT2D eigenvalue weighted by atomic mass is 9.85. The van der Waals surface area contributed by atoms with Crippen LogP contribution in [-0.4, -0.2) is 55.5 Å². The number of methoxy groups -OCH3 is 1. The number of hydrogen-bond acceptors (Lipinski definition) is 4. The minimum atomic E-state index is -0.532. The molecule has 0 atom stereocenters. The highest BCUT2D eigenvalue weighted by atomic mass is 16.5. The molecule has 3 aromatic rings. The first kappa shape index (κ1) is 20.5. The van der Waals surface area contributed by atoms with E-state index in [2.05, 4.69) is 16.7 Å². The summed E-state index contributed by atoms with van der Waals surface area (Å²) in [4.78, 5) is 27.8. The average molecular weight is 430 g/mol. The molecule has 32 heavy (non-hydrogen) atoms. The van der Waals surface area contributed by atoms with Crippen molar-refractivity contribution in [2.75, 3.05) is 33.3 Å². The Bertz CT molecular complexity index is 1160. The van der Waals surface area contributed by atoms with Crippen LogP contribution in [0.3, 0.4) is 0 Å². The van der Waals surface area contributed by atoms with Gasteiger partial charge in [0.1, 0.15) is 11.3 Å². The molecule has 0 radical (unpaired) electrons. The number of ether oxygens (including phenoxy) is 1. The van der Waals surface area contributed by atoms with Gasteiger partial charge in [-0.1, -0.05) is 42.5 Å². The zero-order valence-corrected chi connectivity index (χ0v) is 18.2. The lowest BCUT2D eigenvalue weighted by Crippen LogP contribution is -2.66. The molecule has 2 amide bonds. The minimum absolute atomic E-state index is 0.0218. The summed E-state index contributed by atoms with van der Waals surface area (Å²) in [5.74, 6) is 0.896. The van der Waals surface area contributed by atoms with Crippen LogP contribution < -0.4 is 15.4 Å². The number of hydrogen-bond donors (Lipinski definition) is 2. The number of carbonyl (C=O) groups is 2. The van der Waals surface area contributed by atoms with Gasteiger partial charge in [0.2, 0.25) is 5.91 Å². The molecule has 2 N–H and O–H groups in total. The Labute approximate surface area is 187 Å². The van der Waals surface area contributed by atoms with E-state index in [4.69, 9.17) is 4.74 Å². The van der Waals surface area contributed by atoms with Crippen LogP contribution in [0.2, 0.25) is 0 Å². The van der Waals surface area contributed by atoms with Crippen LogP contribution in [0.5, 0.6) is 5.75 Å². The molecule has 0 aromatic heterocycles. The highest BCUT2D eigenvalue weighted by Gasteiger charge is 2.43. The fraction of sp³-hybridized carbons (Fsp3) is 0.308. The van der Waals surface area contributed by atoms with Crippen molar-refractivity contribution >= 4 is 22.6 Å². The van der Waals surface area contributed by atoms with E-state index in [1.54, 1.807) is 7.11 Å². The molecule has 6 nitrogen and oxygen atoms in total. The molecule has 0 aliphatic carbocycles. The number of nitrogens with one attached hydrogen (secondary N) is 2. The summed E-state index contributed by atoms with van der Waals surface area (Å²) in [6.45, 7) is 2.56. The third-order valence-electron chi connectivity index (χ3n) is 6.77. The van der Waals surface area contributed by atoms with E-state index >= 15 is 0 Å². The average Bonchev–Trinajstić information content (AvgIpc) is 2.85. The Morgan fingerprint density at radius 2 is 1.66 bits per heavy atom. The normalized spacial score (nSPS) is 17.9. The predicted octanol–water partition coefficient (Wildman–Crippen LogP) is 3.21. The van der Waals surface area contributed by atoms with Gasteiger partial charge in [0, 0.05) is 31.7 Å². The molecular weight excluding hydrogens is 402 g/mol. The number of nitrogens with zero attached hydrogens (tertiary/aromatic N) is 1. The molecule has 2 aliphatic heterocycles. The second-order valence-corrected chi connectivity index (χ2v) is 8.49. The lowest BCUT2D eigenvalue weighted by molar-refractivity contribution is -0.131. The van der Waals surface area contributed by atoms with Gasteiger partial charge in [-0.05, 0) is 52.9 Å². The Morgan fingerprint density at radius 3 is 2.34 bits per heavy atom. The van der Waals surface area contributed by atoms with Gasteiger partial charge >= 0.3 is 0 Å². The lowest BCUT2D eigenvalue weighted by Gasteiger charge is -2.43. The molecule has 1 spiro atoms. The topological polar surface area (TPSA) is 70.7 Å². The van der Waals surface area contributed by atoms with Gasteiger partial charge in [-0.3, -0.25) is 9.59 Å². The summed E-state index contributed by atoms with van der Waals surface area (Å²) in [6, 6.07) is 20.0. The maximum atomic E-state index is 13.5. The Hall–Kier alpha value is -3.38. The van der Waals surface area contributed by atoms with Crippen LogP contribution in [-0.2, 0) is 4.79 Å². The fourth-order valence-corrected chi connectivity index (χ4v) is 4.90.